The van der Waals surface area contributed by atoms with Crippen LogP contribution in [0, 0.1) is 5.82 Å². The van der Waals surface area contributed by atoms with Crippen molar-refractivity contribution in [1.29, 1.82) is 0 Å². The number of halogens is 1. The monoisotopic (exact) mass is 255 g/mol. The Labute approximate surface area is 106 Å². The van der Waals surface area contributed by atoms with Gasteiger partial charge in [-0.05, 0) is 19.1 Å². The highest BCUT2D eigenvalue weighted by molar-refractivity contribution is 5.94. The second kappa shape index (κ2) is 7.79. The second-order valence-corrected chi connectivity index (χ2v) is 3.70. The molecule has 1 N–H and O–H groups in total. The molecule has 5 heteroatoms. The number of amides is 1. The Morgan fingerprint density at radius 2 is 2.11 bits per heavy atom. The van der Waals surface area contributed by atoms with Crippen molar-refractivity contribution in [2.45, 2.75) is 6.92 Å². The Morgan fingerprint density at radius 1 is 1.39 bits per heavy atom. The van der Waals surface area contributed by atoms with Crippen LogP contribution in [0.2, 0.25) is 0 Å². The maximum atomic E-state index is 13.5. The fraction of sp³-hybridized carbons (Fsp3) is 0.462. The van der Waals surface area contributed by atoms with E-state index in [4.69, 9.17) is 9.84 Å². The number of likely N-dealkylation sites (N-methyl/N-ethyl adjacent to an activating group) is 1. The molecule has 18 heavy (non-hydrogen) atoms. The smallest absolute Gasteiger partial charge is 0.256 e. The summed E-state index contributed by atoms with van der Waals surface area (Å²) in [6.07, 6.45) is 0. The predicted octanol–water partition coefficient (Wildman–Crippen LogP) is 1.30. The Morgan fingerprint density at radius 3 is 2.72 bits per heavy atom. The first-order valence-electron chi connectivity index (χ1n) is 5.93. The van der Waals surface area contributed by atoms with Gasteiger partial charge in [0.25, 0.3) is 5.91 Å². The third-order valence-corrected chi connectivity index (χ3v) is 2.51. The molecule has 0 spiro atoms. The predicted molar refractivity (Wildman–Crippen MR) is 65.9 cm³/mol. The average molecular weight is 255 g/mol. The van der Waals surface area contributed by atoms with Crippen LogP contribution >= 0.6 is 0 Å². The van der Waals surface area contributed by atoms with Crippen LogP contribution in [0.3, 0.4) is 0 Å². The summed E-state index contributed by atoms with van der Waals surface area (Å²) in [5, 5.41) is 8.56. The van der Waals surface area contributed by atoms with Gasteiger partial charge in [-0.2, -0.15) is 0 Å². The van der Waals surface area contributed by atoms with Crippen LogP contribution in [0.1, 0.15) is 17.3 Å². The Bertz CT molecular complexity index is 384. The summed E-state index contributed by atoms with van der Waals surface area (Å²) in [5.41, 5.74) is 0.0708. The molecule has 0 aliphatic heterocycles. The van der Waals surface area contributed by atoms with Crippen molar-refractivity contribution in [3.63, 3.8) is 0 Å². The summed E-state index contributed by atoms with van der Waals surface area (Å²) in [5.74, 6) is -0.861. The largest absolute Gasteiger partial charge is 0.394 e. The molecule has 0 saturated carbocycles. The van der Waals surface area contributed by atoms with E-state index in [9.17, 15) is 9.18 Å². The average Bonchev–Trinajstić information content (AvgIpc) is 2.39. The molecule has 1 aromatic carbocycles. The van der Waals surface area contributed by atoms with E-state index in [1.165, 1.54) is 17.0 Å². The zero-order chi connectivity index (χ0) is 13.4. The summed E-state index contributed by atoms with van der Waals surface area (Å²) in [6.45, 7) is 3.21. The zero-order valence-electron chi connectivity index (χ0n) is 10.4. The van der Waals surface area contributed by atoms with Gasteiger partial charge in [-0.1, -0.05) is 12.1 Å². The molecule has 0 aliphatic rings. The molecule has 1 rings (SSSR count). The molecule has 100 valence electrons. The van der Waals surface area contributed by atoms with Crippen LogP contribution in [-0.4, -0.2) is 48.8 Å². The standard InChI is InChI=1S/C13H18FNO3/c1-2-15(7-9-18-10-8-16)13(17)11-5-3-4-6-12(11)14/h3-6,16H,2,7-10H2,1H3. The first-order chi connectivity index (χ1) is 8.70. The lowest BCUT2D eigenvalue weighted by Crippen LogP contribution is -2.34. The van der Waals surface area contributed by atoms with Crippen molar-refractivity contribution in [3.05, 3.63) is 35.6 Å². The summed E-state index contributed by atoms with van der Waals surface area (Å²) < 4.78 is 18.6. The Kier molecular flexibility index (Phi) is 6.32. The summed E-state index contributed by atoms with van der Waals surface area (Å²) >= 11 is 0. The number of carbonyl (C=O) groups is 1. The normalized spacial score (nSPS) is 10.4. The molecule has 0 aromatic heterocycles. The Balaban J connectivity index is 2.59. The number of hydrogen-bond donors (Lipinski definition) is 1. The SMILES string of the molecule is CCN(CCOCCO)C(=O)c1ccccc1F. The topological polar surface area (TPSA) is 49.8 Å². The molecule has 0 aliphatic carbocycles. The van der Waals surface area contributed by atoms with Gasteiger partial charge < -0.3 is 14.7 Å². The molecule has 0 radical (unpaired) electrons. The maximum Gasteiger partial charge on any atom is 0.256 e. The number of ether oxygens (including phenoxy) is 1. The minimum atomic E-state index is -0.516. The molecule has 0 unspecified atom stereocenters. The number of aliphatic hydroxyl groups excluding tert-OH is 1. The molecule has 0 atom stereocenters. The number of aliphatic hydroxyl groups is 1. The van der Waals surface area contributed by atoms with E-state index in [1.807, 2.05) is 6.92 Å². The molecule has 0 bridgehead atoms. The molecular weight excluding hydrogens is 237 g/mol. The molecule has 1 amide bonds. The van der Waals surface area contributed by atoms with Gasteiger partial charge in [0.1, 0.15) is 5.82 Å². The minimum absolute atomic E-state index is 0.0482. The highest BCUT2D eigenvalue weighted by Gasteiger charge is 2.17. The van der Waals surface area contributed by atoms with E-state index < -0.39 is 5.82 Å². The van der Waals surface area contributed by atoms with E-state index in [-0.39, 0.29) is 24.7 Å². The van der Waals surface area contributed by atoms with Crippen molar-refractivity contribution in [2.24, 2.45) is 0 Å². The molecule has 1 aromatic rings. The van der Waals surface area contributed by atoms with Crippen LogP contribution in [0.4, 0.5) is 4.39 Å². The minimum Gasteiger partial charge on any atom is -0.394 e. The highest BCUT2D eigenvalue weighted by Crippen LogP contribution is 2.09. The van der Waals surface area contributed by atoms with Gasteiger partial charge in [0.15, 0.2) is 0 Å². The number of nitrogens with zero attached hydrogens (tertiary/aromatic N) is 1. The highest BCUT2D eigenvalue weighted by atomic mass is 19.1. The quantitative estimate of drug-likeness (QED) is 0.747. The van der Waals surface area contributed by atoms with Gasteiger partial charge in [0.05, 0.1) is 25.4 Å². The number of benzene rings is 1. The van der Waals surface area contributed by atoms with Crippen LogP contribution in [-0.2, 0) is 4.74 Å². The van der Waals surface area contributed by atoms with Crippen molar-refractivity contribution < 1.29 is 19.0 Å². The molecular formula is C13H18FNO3. The molecule has 0 heterocycles. The van der Waals surface area contributed by atoms with Crippen LogP contribution < -0.4 is 0 Å². The van der Waals surface area contributed by atoms with E-state index in [1.54, 1.807) is 12.1 Å². The van der Waals surface area contributed by atoms with Crippen LogP contribution in [0.25, 0.3) is 0 Å². The van der Waals surface area contributed by atoms with Gasteiger partial charge >= 0.3 is 0 Å². The first-order valence-corrected chi connectivity index (χ1v) is 5.93. The van der Waals surface area contributed by atoms with E-state index in [0.29, 0.717) is 19.7 Å². The fourth-order valence-corrected chi connectivity index (χ4v) is 1.55. The lowest BCUT2D eigenvalue weighted by molar-refractivity contribution is 0.0576. The van der Waals surface area contributed by atoms with Gasteiger partial charge in [0.2, 0.25) is 0 Å². The summed E-state index contributed by atoms with van der Waals surface area (Å²) in [4.78, 5) is 13.6. The van der Waals surface area contributed by atoms with Crippen LogP contribution in [0.5, 0.6) is 0 Å². The Hall–Kier alpha value is -1.46. The van der Waals surface area contributed by atoms with Gasteiger partial charge in [0, 0.05) is 13.1 Å². The third kappa shape index (κ3) is 4.09. The first kappa shape index (κ1) is 14.6. The van der Waals surface area contributed by atoms with Crippen molar-refractivity contribution in [1.82, 2.24) is 4.90 Å². The second-order valence-electron chi connectivity index (χ2n) is 3.70. The third-order valence-electron chi connectivity index (χ3n) is 2.51. The van der Waals surface area contributed by atoms with Crippen molar-refractivity contribution >= 4 is 5.91 Å². The zero-order valence-corrected chi connectivity index (χ0v) is 10.4. The van der Waals surface area contributed by atoms with Gasteiger partial charge in [-0.15, -0.1) is 0 Å². The summed E-state index contributed by atoms with van der Waals surface area (Å²) in [6, 6.07) is 5.91. The fourth-order valence-electron chi connectivity index (χ4n) is 1.55. The molecule has 0 saturated heterocycles. The lowest BCUT2D eigenvalue weighted by atomic mass is 10.2. The van der Waals surface area contributed by atoms with E-state index in [2.05, 4.69) is 0 Å². The van der Waals surface area contributed by atoms with Gasteiger partial charge in [-0.3, -0.25) is 4.79 Å². The lowest BCUT2D eigenvalue weighted by Gasteiger charge is -2.21. The number of rotatable bonds is 7. The number of hydrogen-bond acceptors (Lipinski definition) is 3. The van der Waals surface area contributed by atoms with Crippen molar-refractivity contribution in [3.8, 4) is 0 Å². The van der Waals surface area contributed by atoms with Crippen LogP contribution in [0.15, 0.2) is 24.3 Å². The van der Waals surface area contributed by atoms with Gasteiger partial charge in [-0.25, -0.2) is 4.39 Å². The molecule has 4 nitrogen and oxygen atoms in total. The maximum absolute atomic E-state index is 13.5. The van der Waals surface area contributed by atoms with Crippen molar-refractivity contribution in [2.75, 3.05) is 32.9 Å². The number of carbonyl (C=O) groups excluding carboxylic acids is 1. The van der Waals surface area contributed by atoms with E-state index in [0.717, 1.165) is 0 Å². The van der Waals surface area contributed by atoms with E-state index >= 15 is 0 Å². The summed E-state index contributed by atoms with van der Waals surface area (Å²) in [7, 11) is 0. The molecule has 0 fully saturated rings.